The van der Waals surface area contributed by atoms with Crippen LogP contribution in [0.3, 0.4) is 0 Å². The molecule has 1 aromatic carbocycles. The Morgan fingerprint density at radius 3 is 1.65 bits per heavy atom. The first kappa shape index (κ1) is 46.8. The van der Waals surface area contributed by atoms with Crippen LogP contribution in [0.5, 0.6) is 0 Å². The molecule has 0 aliphatic rings. The van der Waals surface area contributed by atoms with Crippen LogP contribution in [-0.2, 0) is 19.1 Å². The summed E-state index contributed by atoms with van der Waals surface area (Å²) in [7, 11) is 9.00. The summed E-state index contributed by atoms with van der Waals surface area (Å²) in [6.07, 6.45) is 24.6. The van der Waals surface area contributed by atoms with Crippen molar-refractivity contribution >= 4 is 29.0 Å². The number of hydrogen-bond donors (Lipinski definition) is 0. The van der Waals surface area contributed by atoms with Gasteiger partial charge in [0.25, 0.3) is 0 Å². The average Bonchev–Trinajstić information content (AvgIpc) is 3.15. The lowest BCUT2D eigenvalue weighted by molar-refractivity contribution is -0.890. The monoisotopic (exact) mass is 752 g/mol. The molecule has 1 heterocycles. The van der Waals surface area contributed by atoms with Crippen molar-refractivity contribution in [2.24, 2.45) is 10.2 Å². The van der Waals surface area contributed by atoms with E-state index in [1.165, 1.54) is 96.6 Å². The van der Waals surface area contributed by atoms with E-state index in [1.807, 2.05) is 36.4 Å². The summed E-state index contributed by atoms with van der Waals surface area (Å²) in [6, 6.07) is 11.4. The highest BCUT2D eigenvalue weighted by Crippen LogP contribution is 2.22. The van der Waals surface area contributed by atoms with E-state index in [2.05, 4.69) is 60.1 Å². The fraction of sp³-hybridized carbons (Fsp3) is 0.705. The lowest BCUT2D eigenvalue weighted by atomic mass is 10.1. The first-order chi connectivity index (χ1) is 26.2. The van der Waals surface area contributed by atoms with Crippen LogP contribution >= 0.6 is 0 Å². The summed E-state index contributed by atoms with van der Waals surface area (Å²) in [6.45, 7) is 7.46. The van der Waals surface area contributed by atoms with Crippen LogP contribution in [0.4, 0.5) is 17.1 Å². The maximum atomic E-state index is 12.6. The number of carbonyl (C=O) groups is 2. The van der Waals surface area contributed by atoms with Crippen molar-refractivity contribution in [2.45, 2.75) is 129 Å². The molecule has 0 saturated carbocycles. The molecule has 0 unspecified atom stereocenters. The topological polar surface area (TPSA) is 96.7 Å². The van der Waals surface area contributed by atoms with E-state index < -0.39 is 0 Å². The Morgan fingerprint density at radius 1 is 0.630 bits per heavy atom. The highest BCUT2D eigenvalue weighted by atomic mass is 16.5. The highest BCUT2D eigenvalue weighted by Gasteiger charge is 2.14. The van der Waals surface area contributed by atoms with Gasteiger partial charge in [-0.15, -0.1) is 5.11 Å². The number of azo groups is 1. The molecular formula is C44H75N6O4+. The molecule has 54 heavy (non-hydrogen) atoms. The highest BCUT2D eigenvalue weighted by molar-refractivity contribution is 5.69. The Morgan fingerprint density at radius 2 is 1.13 bits per heavy atom. The number of hydrogen-bond acceptors (Lipinski definition) is 9. The van der Waals surface area contributed by atoms with Gasteiger partial charge < -0.3 is 23.8 Å². The van der Waals surface area contributed by atoms with Crippen LogP contribution in [0.1, 0.15) is 129 Å². The van der Waals surface area contributed by atoms with E-state index in [-0.39, 0.29) is 25.2 Å². The van der Waals surface area contributed by atoms with E-state index in [4.69, 9.17) is 9.47 Å². The molecule has 2 aromatic rings. The number of unbranched alkanes of at least 4 members (excludes halogenated alkanes) is 14. The van der Waals surface area contributed by atoms with Gasteiger partial charge >= 0.3 is 11.9 Å². The van der Waals surface area contributed by atoms with E-state index >= 15 is 0 Å². The van der Waals surface area contributed by atoms with Crippen molar-refractivity contribution in [3.63, 3.8) is 0 Å². The SMILES string of the molecule is CCCCCCCCCCC(=O)OCCN(CCOC(=O)CCCCCCCCCC[N+](C)(C)CCCN(C)C)c1ccc(N=Nc2cccnc2)cc1. The number of rotatable bonds is 33. The molecule has 0 bridgehead atoms. The molecule has 0 amide bonds. The predicted octanol–water partition coefficient (Wildman–Crippen LogP) is 10.5. The van der Waals surface area contributed by atoms with Gasteiger partial charge in [-0.25, -0.2) is 0 Å². The van der Waals surface area contributed by atoms with Gasteiger partial charge in [0, 0.05) is 37.7 Å². The van der Waals surface area contributed by atoms with Crippen molar-refractivity contribution in [3.8, 4) is 0 Å². The first-order valence-corrected chi connectivity index (χ1v) is 21.1. The predicted molar refractivity (Wildman–Crippen MR) is 223 cm³/mol. The second kappa shape index (κ2) is 29.9. The molecule has 0 saturated heterocycles. The molecule has 0 N–H and O–H groups in total. The van der Waals surface area contributed by atoms with Crippen molar-refractivity contribution in [1.29, 1.82) is 0 Å². The third kappa shape index (κ3) is 24.8. The number of quaternary nitrogens is 1. The fourth-order valence-corrected chi connectivity index (χ4v) is 6.51. The Kier molecular flexibility index (Phi) is 25.9. The fourth-order valence-electron chi connectivity index (χ4n) is 6.51. The molecule has 0 spiro atoms. The second-order valence-electron chi connectivity index (χ2n) is 15.7. The third-order valence-electron chi connectivity index (χ3n) is 9.89. The molecule has 0 radical (unpaired) electrons. The Balaban J connectivity index is 1.68. The lowest BCUT2D eigenvalue weighted by Gasteiger charge is -2.30. The van der Waals surface area contributed by atoms with Crippen LogP contribution in [0.2, 0.25) is 0 Å². The van der Waals surface area contributed by atoms with Crippen molar-refractivity contribution < 1.29 is 23.5 Å². The van der Waals surface area contributed by atoms with Crippen molar-refractivity contribution in [2.75, 3.05) is 79.0 Å². The zero-order chi connectivity index (χ0) is 39.1. The van der Waals surface area contributed by atoms with Gasteiger partial charge in [0.05, 0.1) is 52.2 Å². The van der Waals surface area contributed by atoms with Gasteiger partial charge in [0.2, 0.25) is 0 Å². The zero-order valence-electron chi connectivity index (χ0n) is 34.8. The molecule has 10 nitrogen and oxygen atoms in total. The standard InChI is InChI=1S/C44H75N6O4/c1-6-7-8-9-10-13-16-19-25-43(51)53-37-33-49(42-29-27-40(28-30-42)46-47-41-24-22-31-45-39-41)34-38-54-44(52)26-20-17-14-11-12-15-18-21-35-50(4,5)36-23-32-48(2)3/h22,24,27-31,39H,6-21,23,25-26,32-38H2,1-5H3/q+1. The van der Waals surface area contributed by atoms with Gasteiger partial charge in [-0.3, -0.25) is 14.6 Å². The lowest BCUT2D eigenvalue weighted by Crippen LogP contribution is -2.42. The van der Waals surface area contributed by atoms with E-state index in [1.54, 1.807) is 12.4 Å². The Labute approximate surface area is 328 Å². The molecule has 0 fully saturated rings. The largest absolute Gasteiger partial charge is 0.464 e. The number of benzene rings is 1. The smallest absolute Gasteiger partial charge is 0.305 e. The molecule has 0 atom stereocenters. The van der Waals surface area contributed by atoms with E-state index in [0.29, 0.717) is 31.6 Å². The molecule has 10 heteroatoms. The van der Waals surface area contributed by atoms with Crippen LogP contribution in [-0.4, -0.2) is 100 Å². The first-order valence-electron chi connectivity index (χ1n) is 21.1. The number of nitrogens with zero attached hydrogens (tertiary/aromatic N) is 6. The average molecular weight is 752 g/mol. The third-order valence-corrected chi connectivity index (χ3v) is 9.89. The second-order valence-corrected chi connectivity index (χ2v) is 15.7. The Hall–Kier alpha value is -3.37. The van der Waals surface area contributed by atoms with Crippen LogP contribution in [0, 0.1) is 0 Å². The van der Waals surface area contributed by atoms with Crippen LogP contribution in [0.15, 0.2) is 59.0 Å². The quantitative estimate of drug-likeness (QED) is 0.0310. The number of esters is 2. The molecule has 1 aromatic heterocycles. The zero-order valence-corrected chi connectivity index (χ0v) is 34.8. The number of ether oxygens (including phenoxy) is 2. The van der Waals surface area contributed by atoms with Crippen LogP contribution in [0.25, 0.3) is 0 Å². The number of aromatic nitrogens is 1. The van der Waals surface area contributed by atoms with Crippen LogP contribution < -0.4 is 4.90 Å². The minimum absolute atomic E-state index is 0.149. The summed E-state index contributed by atoms with van der Waals surface area (Å²) in [5, 5.41) is 8.57. The van der Waals surface area contributed by atoms with Gasteiger partial charge in [0.1, 0.15) is 18.9 Å². The normalized spacial score (nSPS) is 11.7. The number of carbonyl (C=O) groups excluding carboxylic acids is 2. The molecule has 0 aliphatic carbocycles. The van der Waals surface area contributed by atoms with Crippen molar-refractivity contribution in [3.05, 3.63) is 48.8 Å². The summed E-state index contributed by atoms with van der Waals surface area (Å²) in [5.74, 6) is -0.298. The molecule has 304 valence electrons. The molecule has 0 aliphatic heterocycles. The summed E-state index contributed by atoms with van der Waals surface area (Å²) in [5.41, 5.74) is 2.34. The van der Waals surface area contributed by atoms with E-state index in [9.17, 15) is 9.59 Å². The molecule has 2 rings (SSSR count). The van der Waals surface area contributed by atoms with Gasteiger partial charge in [-0.1, -0.05) is 84.0 Å². The minimum atomic E-state index is -0.149. The summed E-state index contributed by atoms with van der Waals surface area (Å²) < 4.78 is 12.4. The summed E-state index contributed by atoms with van der Waals surface area (Å²) >= 11 is 0. The molecular weight excluding hydrogens is 677 g/mol. The maximum absolute atomic E-state index is 12.6. The van der Waals surface area contributed by atoms with Crippen molar-refractivity contribution in [1.82, 2.24) is 9.88 Å². The summed E-state index contributed by atoms with van der Waals surface area (Å²) in [4.78, 5) is 33.4. The maximum Gasteiger partial charge on any atom is 0.305 e. The van der Waals surface area contributed by atoms with Gasteiger partial charge in [-0.2, -0.15) is 5.11 Å². The van der Waals surface area contributed by atoms with Gasteiger partial charge in [0.15, 0.2) is 0 Å². The Bertz CT molecular complexity index is 1260. The number of anilines is 1. The van der Waals surface area contributed by atoms with E-state index in [0.717, 1.165) is 48.1 Å². The number of pyridine rings is 1. The minimum Gasteiger partial charge on any atom is -0.464 e. The van der Waals surface area contributed by atoms with Gasteiger partial charge in [-0.05, 0) is 76.2 Å².